The Morgan fingerprint density at radius 1 is 0.307 bits per heavy atom. The summed E-state index contributed by atoms with van der Waals surface area (Å²) >= 11 is 0. The molecular weight excluding hydrogens is 910 g/mol. The van der Waals surface area contributed by atoms with Gasteiger partial charge in [-0.25, -0.2) is 15.0 Å². The van der Waals surface area contributed by atoms with E-state index in [4.69, 9.17) is 15.0 Å². The second-order valence-corrected chi connectivity index (χ2v) is 25.0. The highest BCUT2D eigenvalue weighted by atomic mass is 15.2. The van der Waals surface area contributed by atoms with Crippen molar-refractivity contribution in [1.82, 2.24) is 15.0 Å². The summed E-state index contributed by atoms with van der Waals surface area (Å²) in [5, 5.41) is 4.95. The van der Waals surface area contributed by atoms with Gasteiger partial charge in [0.15, 0.2) is 17.5 Å². The van der Waals surface area contributed by atoms with Gasteiger partial charge in [-0.05, 0) is 130 Å². The molecule has 5 nitrogen and oxygen atoms in total. The topological polar surface area (TPSA) is 45.2 Å². The van der Waals surface area contributed by atoms with Crippen molar-refractivity contribution in [3.63, 3.8) is 0 Å². The maximum Gasteiger partial charge on any atom is 0.253 e. The maximum absolute atomic E-state index is 5.45. The SMILES string of the molecule is CC(C)(C)c1cc(N2c3cc(-c4nc(-c5ccccc5)nc(-c5ccccc5)n4)cc4c3B(c3c2ccc2ccccc32)c2c(ccc3ccccc23)N4c2cc(C(C)(C)C)cc(C(C)(C)C)c2)cc(C(C)(C)C)c1. The molecular formula is C69H66BN5. The second-order valence-electron chi connectivity index (χ2n) is 25.0. The highest BCUT2D eigenvalue weighted by Crippen LogP contribution is 2.50. The molecule has 0 spiro atoms. The third-order valence-electron chi connectivity index (χ3n) is 15.6. The van der Waals surface area contributed by atoms with Crippen molar-refractivity contribution in [3.8, 4) is 34.2 Å². The molecule has 0 fully saturated rings. The molecule has 0 atom stereocenters. The van der Waals surface area contributed by atoms with E-state index < -0.39 is 0 Å². The number of nitrogens with zero attached hydrogens (tertiary/aromatic N) is 5. The molecule has 0 amide bonds. The molecule has 0 saturated heterocycles. The maximum atomic E-state index is 5.45. The van der Waals surface area contributed by atoms with Gasteiger partial charge in [0.25, 0.3) is 6.71 Å². The van der Waals surface area contributed by atoms with Gasteiger partial charge in [-0.2, -0.15) is 0 Å². The van der Waals surface area contributed by atoms with Gasteiger partial charge in [0.1, 0.15) is 0 Å². The molecule has 1 aromatic heterocycles. The Morgan fingerprint density at radius 3 is 1.00 bits per heavy atom. The Bertz CT molecular complexity index is 3580. The largest absolute Gasteiger partial charge is 0.311 e. The summed E-state index contributed by atoms with van der Waals surface area (Å²) in [6.45, 7) is 27.9. The molecule has 2 aliphatic heterocycles. The first-order chi connectivity index (χ1) is 35.7. The monoisotopic (exact) mass is 976 g/mol. The molecule has 10 aromatic rings. The van der Waals surface area contributed by atoms with Crippen LogP contribution in [0.25, 0.3) is 55.7 Å². The number of anilines is 6. The van der Waals surface area contributed by atoms with Gasteiger partial charge >= 0.3 is 0 Å². The third kappa shape index (κ3) is 8.40. The van der Waals surface area contributed by atoms with Crippen LogP contribution in [0.15, 0.2) is 182 Å². The first-order valence-corrected chi connectivity index (χ1v) is 26.7. The predicted octanol–water partition coefficient (Wildman–Crippen LogP) is 16.5. The van der Waals surface area contributed by atoms with Gasteiger partial charge < -0.3 is 9.80 Å². The van der Waals surface area contributed by atoms with Crippen molar-refractivity contribution in [1.29, 1.82) is 0 Å². The molecule has 370 valence electrons. The molecule has 75 heavy (non-hydrogen) atoms. The average Bonchev–Trinajstić information content (AvgIpc) is 3.39. The summed E-state index contributed by atoms with van der Waals surface area (Å²) in [6, 6.07) is 67.5. The molecule has 0 saturated carbocycles. The lowest BCUT2D eigenvalue weighted by Gasteiger charge is -2.45. The van der Waals surface area contributed by atoms with Crippen LogP contribution >= 0.6 is 0 Å². The lowest BCUT2D eigenvalue weighted by Crippen LogP contribution is -2.61. The van der Waals surface area contributed by atoms with Crippen LogP contribution in [0.3, 0.4) is 0 Å². The minimum absolute atomic E-state index is 0.119. The van der Waals surface area contributed by atoms with E-state index >= 15 is 0 Å². The average molecular weight is 976 g/mol. The molecule has 0 N–H and O–H groups in total. The van der Waals surface area contributed by atoms with Gasteiger partial charge in [-0.3, -0.25) is 0 Å². The summed E-state index contributed by atoms with van der Waals surface area (Å²) < 4.78 is 0. The van der Waals surface area contributed by atoms with Crippen molar-refractivity contribution in [3.05, 3.63) is 204 Å². The molecule has 0 unspecified atom stereocenters. The minimum atomic E-state index is -0.141. The predicted molar refractivity (Wildman–Crippen MR) is 320 cm³/mol. The van der Waals surface area contributed by atoms with Crippen LogP contribution in [-0.4, -0.2) is 21.7 Å². The zero-order chi connectivity index (χ0) is 52.3. The summed E-state index contributed by atoms with van der Waals surface area (Å²) in [7, 11) is 0. The van der Waals surface area contributed by atoms with Crippen LogP contribution in [0.5, 0.6) is 0 Å². The molecule has 0 radical (unpaired) electrons. The van der Waals surface area contributed by atoms with Gasteiger partial charge in [0.05, 0.1) is 0 Å². The van der Waals surface area contributed by atoms with E-state index in [2.05, 4.69) is 263 Å². The molecule has 0 bridgehead atoms. The summed E-state index contributed by atoms with van der Waals surface area (Å²) in [4.78, 5) is 21.3. The smallest absolute Gasteiger partial charge is 0.253 e. The van der Waals surface area contributed by atoms with Gasteiger partial charge in [-0.15, -0.1) is 0 Å². The van der Waals surface area contributed by atoms with E-state index in [1.807, 2.05) is 12.1 Å². The number of hydrogen-bond acceptors (Lipinski definition) is 5. The first-order valence-electron chi connectivity index (χ1n) is 26.7. The highest BCUT2D eigenvalue weighted by molar-refractivity contribution is 7.03. The number of aromatic nitrogens is 3. The summed E-state index contributed by atoms with van der Waals surface area (Å²) in [5.41, 5.74) is 18.2. The van der Waals surface area contributed by atoms with E-state index in [0.717, 1.165) is 39.4 Å². The van der Waals surface area contributed by atoms with E-state index in [0.29, 0.717) is 17.5 Å². The van der Waals surface area contributed by atoms with Crippen LogP contribution in [0, 0.1) is 0 Å². The Labute approximate surface area is 444 Å². The van der Waals surface area contributed by atoms with E-state index in [1.54, 1.807) is 0 Å². The van der Waals surface area contributed by atoms with Crippen molar-refractivity contribution in [2.24, 2.45) is 0 Å². The van der Waals surface area contributed by atoms with Crippen LogP contribution in [0.1, 0.15) is 105 Å². The lowest BCUT2D eigenvalue weighted by atomic mass is 9.32. The fourth-order valence-corrected chi connectivity index (χ4v) is 11.4. The minimum Gasteiger partial charge on any atom is -0.311 e. The number of fused-ring (bicyclic) bond motifs is 8. The van der Waals surface area contributed by atoms with Gasteiger partial charge in [0.2, 0.25) is 0 Å². The number of benzene rings is 9. The third-order valence-corrected chi connectivity index (χ3v) is 15.6. The van der Waals surface area contributed by atoms with Gasteiger partial charge in [-0.1, -0.05) is 217 Å². The fraction of sp³-hybridized carbons (Fsp3) is 0.232. The van der Waals surface area contributed by atoms with Crippen molar-refractivity contribution >= 4 is 78.8 Å². The Kier molecular flexibility index (Phi) is 11.2. The number of hydrogen-bond donors (Lipinski definition) is 0. The second kappa shape index (κ2) is 17.4. The highest BCUT2D eigenvalue weighted by Gasteiger charge is 2.46. The van der Waals surface area contributed by atoms with Gasteiger partial charge in [0, 0.05) is 50.8 Å². The lowest BCUT2D eigenvalue weighted by molar-refractivity contribution is 0.568. The molecule has 2 aliphatic rings. The standard InChI is InChI=1S/C69H66BN5/c1-66(2,3)48-37-49(67(4,5)6)40-52(39-48)74-56-33-31-43-23-19-21-29-54(43)60(56)70-61-55-30-22-20-24-44(55)32-34-57(61)75(53-41-50(68(7,8)9)38-51(42-53)69(10,11)12)59-36-47(35-58(74)62(59)70)65-72-63(45-25-15-13-16-26-45)71-64(73-65)46-27-17-14-18-28-46/h13-42H,1-12H3. The normalized spacial score (nSPS) is 13.5. The van der Waals surface area contributed by atoms with Crippen LogP contribution in [-0.2, 0) is 21.7 Å². The summed E-state index contributed by atoms with van der Waals surface area (Å²) in [6.07, 6.45) is 0. The summed E-state index contributed by atoms with van der Waals surface area (Å²) in [5.74, 6) is 1.88. The molecule has 3 heterocycles. The van der Waals surface area contributed by atoms with Crippen molar-refractivity contribution in [2.75, 3.05) is 9.80 Å². The van der Waals surface area contributed by atoms with Crippen LogP contribution < -0.4 is 26.2 Å². The first kappa shape index (κ1) is 48.1. The van der Waals surface area contributed by atoms with E-state index in [9.17, 15) is 0 Å². The van der Waals surface area contributed by atoms with E-state index in [1.165, 1.54) is 71.6 Å². The number of rotatable bonds is 5. The Balaban J connectivity index is 1.28. The molecule has 6 heteroatoms. The zero-order valence-electron chi connectivity index (χ0n) is 45.6. The Morgan fingerprint density at radius 2 is 0.640 bits per heavy atom. The van der Waals surface area contributed by atoms with Crippen molar-refractivity contribution < 1.29 is 0 Å². The molecule has 9 aromatic carbocycles. The van der Waals surface area contributed by atoms with E-state index in [-0.39, 0.29) is 28.4 Å². The quantitative estimate of drug-likeness (QED) is 0.161. The van der Waals surface area contributed by atoms with Crippen LogP contribution in [0.4, 0.5) is 34.1 Å². The Hall–Kier alpha value is -7.83. The van der Waals surface area contributed by atoms with Crippen LogP contribution in [0.2, 0.25) is 0 Å². The molecule has 12 rings (SSSR count). The zero-order valence-corrected chi connectivity index (χ0v) is 45.6. The fourth-order valence-electron chi connectivity index (χ4n) is 11.4. The molecule has 0 aliphatic carbocycles. The van der Waals surface area contributed by atoms with Crippen molar-refractivity contribution in [2.45, 2.75) is 105 Å².